The van der Waals surface area contributed by atoms with Gasteiger partial charge in [0.15, 0.2) is 0 Å². The Morgan fingerprint density at radius 1 is 0.946 bits per heavy atom. The van der Waals surface area contributed by atoms with Crippen LogP contribution in [-0.4, -0.2) is 18.2 Å². The molecule has 8 heteroatoms. The van der Waals surface area contributed by atoms with E-state index >= 15 is 0 Å². The van der Waals surface area contributed by atoms with Crippen molar-refractivity contribution in [3.8, 4) is 0 Å². The van der Waals surface area contributed by atoms with Crippen molar-refractivity contribution in [1.82, 2.24) is 0 Å². The van der Waals surface area contributed by atoms with Crippen molar-refractivity contribution in [2.75, 3.05) is 0 Å². The monoisotopic (exact) mass is 580 g/mol. The van der Waals surface area contributed by atoms with Crippen LogP contribution in [0.25, 0.3) is 0 Å². The van der Waals surface area contributed by atoms with Gasteiger partial charge in [0, 0.05) is 21.8 Å². The highest BCUT2D eigenvalue weighted by atomic mass is 32.4. The number of carbonyl (C=O) groups is 1. The van der Waals surface area contributed by atoms with E-state index in [1.54, 1.807) is 0 Å². The van der Waals surface area contributed by atoms with E-state index in [0.717, 1.165) is 37.7 Å². The normalized spacial score (nSPS) is 15.1. The third kappa shape index (κ3) is 18.8. The van der Waals surface area contributed by atoms with Gasteiger partial charge in [0.1, 0.15) is 6.61 Å². The van der Waals surface area contributed by atoms with Crippen LogP contribution in [0.4, 0.5) is 0 Å². The third-order valence-electron chi connectivity index (χ3n) is 5.41. The van der Waals surface area contributed by atoms with Crippen molar-refractivity contribution in [2.45, 2.75) is 71.2 Å². The van der Waals surface area contributed by atoms with E-state index in [2.05, 4.69) is 71.6 Å². The molecule has 37 heavy (non-hydrogen) atoms. The number of unbranched alkanes of at least 4 members (excludes halogenated alkanes) is 2. The minimum absolute atomic E-state index is 0.0384. The summed E-state index contributed by atoms with van der Waals surface area (Å²) in [6.07, 6.45) is 25.9. The summed E-state index contributed by atoms with van der Waals surface area (Å²) in [5.41, 5.74) is 1.01. The fourth-order valence-corrected chi connectivity index (χ4v) is 4.94. The molecule has 6 unspecified atom stereocenters. The van der Waals surface area contributed by atoms with Crippen molar-refractivity contribution in [3.05, 3.63) is 96.7 Å². The van der Waals surface area contributed by atoms with E-state index in [9.17, 15) is 4.79 Å². The molecule has 0 heterocycles. The molecule has 0 bridgehead atoms. The Bertz CT molecular complexity index is 866. The fraction of sp³-hybridized carbons (Fsp3) is 0.414. The second kappa shape index (κ2) is 23.0. The first kappa shape index (κ1) is 34.1. The number of allylic oxidation sites excluding steroid dienone is 7. The Labute approximate surface area is 232 Å². The maximum absolute atomic E-state index is 11.9. The first-order chi connectivity index (χ1) is 18.0. The predicted molar refractivity (Wildman–Crippen MR) is 170 cm³/mol. The molecule has 0 spiro atoms. The van der Waals surface area contributed by atoms with Crippen LogP contribution in [0, 0.1) is 5.92 Å². The minimum Gasteiger partial charge on any atom is -0.461 e. The van der Waals surface area contributed by atoms with Gasteiger partial charge in [-0.15, -0.1) is 0 Å². The summed E-state index contributed by atoms with van der Waals surface area (Å²) < 4.78 is 16.8. The van der Waals surface area contributed by atoms with Crippen LogP contribution >= 0.6 is 34.8 Å². The lowest BCUT2D eigenvalue weighted by atomic mass is 10.0. The van der Waals surface area contributed by atoms with Gasteiger partial charge < -0.3 is 13.8 Å². The molecule has 0 amide bonds. The molecular formula is C29H44O4P4. The van der Waals surface area contributed by atoms with Crippen LogP contribution in [0.3, 0.4) is 0 Å². The summed E-state index contributed by atoms with van der Waals surface area (Å²) in [4.78, 5) is 11.9. The van der Waals surface area contributed by atoms with E-state index in [-0.39, 0.29) is 18.2 Å². The molecule has 1 aromatic rings. The zero-order valence-electron chi connectivity index (χ0n) is 22.2. The van der Waals surface area contributed by atoms with Gasteiger partial charge in [-0.05, 0) is 24.8 Å². The lowest BCUT2D eigenvalue weighted by Crippen LogP contribution is -2.14. The average molecular weight is 581 g/mol. The standard InChI is InChI=1S/C29H44O4P4/c1-3-4-22-28(33-37(35)36)25(2)17-11-7-5-6-8-14-20-27(32-34)21-15-10-16-23-29(30)31-24-26-18-12-9-13-19-26/h4-9,11-14,17-20,22,25,27-28H,3,10,15-16,21,23-24,34-36H2,1-2H3/b7-5+,8-6-,17-11+,20-14+,22-4-. The Kier molecular flexibility index (Phi) is 21.1. The minimum atomic E-state index is -0.562. The van der Waals surface area contributed by atoms with Gasteiger partial charge in [-0.3, -0.25) is 4.79 Å². The highest BCUT2D eigenvalue weighted by Crippen LogP contribution is 2.55. The Morgan fingerprint density at radius 2 is 1.62 bits per heavy atom. The molecule has 4 nitrogen and oxygen atoms in total. The first-order valence-electron chi connectivity index (χ1n) is 12.8. The second-order valence-corrected chi connectivity index (χ2v) is 14.6. The van der Waals surface area contributed by atoms with Crippen LogP contribution in [-0.2, 0) is 25.2 Å². The van der Waals surface area contributed by atoms with Gasteiger partial charge in [-0.25, -0.2) is 0 Å². The topological polar surface area (TPSA) is 44.8 Å². The number of carbonyl (C=O) groups excluding carboxylic acids is 1. The molecule has 1 rings (SSSR count). The van der Waals surface area contributed by atoms with Gasteiger partial charge in [-0.2, -0.15) is 0 Å². The summed E-state index contributed by atoms with van der Waals surface area (Å²) in [7, 11) is 7.23. The molecule has 0 aromatic heterocycles. The molecular weight excluding hydrogens is 536 g/mol. The highest BCUT2D eigenvalue weighted by molar-refractivity contribution is 8.41. The Balaban J connectivity index is 2.25. The summed E-state index contributed by atoms with van der Waals surface area (Å²) in [5, 5.41) is 0. The van der Waals surface area contributed by atoms with Crippen molar-refractivity contribution >= 4 is 40.8 Å². The van der Waals surface area contributed by atoms with Crippen molar-refractivity contribution in [1.29, 1.82) is 0 Å². The van der Waals surface area contributed by atoms with Gasteiger partial charge >= 0.3 is 5.97 Å². The molecule has 0 aliphatic carbocycles. The number of ether oxygens (including phenoxy) is 1. The van der Waals surface area contributed by atoms with Gasteiger partial charge in [0.2, 0.25) is 0 Å². The van der Waals surface area contributed by atoms with E-state index in [1.165, 1.54) is 0 Å². The molecule has 0 saturated heterocycles. The third-order valence-corrected chi connectivity index (χ3v) is 6.97. The maximum atomic E-state index is 11.9. The largest absolute Gasteiger partial charge is 0.461 e. The van der Waals surface area contributed by atoms with Gasteiger partial charge in [0.25, 0.3) is 0 Å². The second-order valence-electron chi connectivity index (χ2n) is 8.59. The number of esters is 1. The molecule has 204 valence electrons. The number of benzene rings is 1. The smallest absolute Gasteiger partial charge is 0.306 e. The van der Waals surface area contributed by atoms with Crippen LogP contribution in [0.2, 0.25) is 0 Å². The van der Waals surface area contributed by atoms with Crippen LogP contribution in [0.1, 0.15) is 57.9 Å². The molecule has 0 saturated carbocycles. The maximum Gasteiger partial charge on any atom is 0.306 e. The molecule has 0 aliphatic rings. The number of hydrogen-bond acceptors (Lipinski definition) is 4. The molecule has 6 atom stereocenters. The molecule has 0 N–H and O–H groups in total. The van der Waals surface area contributed by atoms with Crippen molar-refractivity contribution in [2.24, 2.45) is 5.92 Å². The molecule has 0 fully saturated rings. The summed E-state index contributed by atoms with van der Waals surface area (Å²) in [6.45, 7) is 4.64. The molecule has 0 radical (unpaired) electrons. The van der Waals surface area contributed by atoms with Crippen LogP contribution < -0.4 is 0 Å². The lowest BCUT2D eigenvalue weighted by Gasteiger charge is -2.20. The zero-order chi connectivity index (χ0) is 27.1. The number of rotatable bonds is 19. The predicted octanol–water partition coefficient (Wildman–Crippen LogP) is 9.05. The van der Waals surface area contributed by atoms with Crippen molar-refractivity contribution in [3.63, 3.8) is 0 Å². The lowest BCUT2D eigenvalue weighted by molar-refractivity contribution is -0.145. The number of hydrogen-bond donors (Lipinski definition) is 0. The summed E-state index contributed by atoms with van der Waals surface area (Å²) in [6, 6.07) is 9.75. The average Bonchev–Trinajstić information content (AvgIpc) is 2.90. The first-order valence-corrected chi connectivity index (χ1v) is 17.8. The highest BCUT2D eigenvalue weighted by Gasteiger charge is 2.13. The SMILES string of the molecule is CC/C=C\C(OP(P)P)C(C)/C=C/C=C/C=C\C=C\C(CCCCCC(=O)OCc1ccccc1)OP. The summed E-state index contributed by atoms with van der Waals surface area (Å²) >= 11 is 0. The summed E-state index contributed by atoms with van der Waals surface area (Å²) in [5.74, 6) is 0.156. The zero-order valence-corrected chi connectivity index (χ0v) is 26.5. The van der Waals surface area contributed by atoms with Gasteiger partial charge in [0.05, 0.1) is 19.7 Å². The van der Waals surface area contributed by atoms with E-state index < -0.39 is 7.53 Å². The molecule has 0 aliphatic heterocycles. The van der Waals surface area contributed by atoms with E-state index in [1.807, 2.05) is 60.7 Å². The van der Waals surface area contributed by atoms with E-state index in [4.69, 9.17) is 13.8 Å². The fourth-order valence-electron chi connectivity index (χ4n) is 3.32. The van der Waals surface area contributed by atoms with Crippen LogP contribution in [0.15, 0.2) is 91.1 Å². The van der Waals surface area contributed by atoms with Crippen molar-refractivity contribution < 1.29 is 18.6 Å². The Morgan fingerprint density at radius 3 is 2.27 bits per heavy atom. The van der Waals surface area contributed by atoms with E-state index in [0.29, 0.717) is 18.9 Å². The Hall–Kier alpha value is -0.970. The van der Waals surface area contributed by atoms with Crippen LogP contribution in [0.5, 0.6) is 0 Å². The molecule has 1 aromatic carbocycles. The van der Waals surface area contributed by atoms with Gasteiger partial charge in [-0.1, -0.05) is 136 Å². The quantitative estimate of drug-likeness (QED) is 0.0539.